The van der Waals surface area contributed by atoms with E-state index >= 15 is 8.78 Å². The van der Waals surface area contributed by atoms with E-state index in [9.17, 15) is 18.3 Å². The molecule has 0 amide bonds. The average Bonchev–Trinajstić information content (AvgIpc) is 2.91. The maximum atomic E-state index is 15.5. The van der Waals surface area contributed by atoms with Crippen molar-refractivity contribution in [1.82, 2.24) is 9.71 Å². The maximum absolute atomic E-state index is 15.5. The smallest absolute Gasteiger partial charge is 0.339 e. The number of carboxylic acid groups (broad SMARTS) is 1. The summed E-state index contributed by atoms with van der Waals surface area (Å²) >= 11 is 0. The molecule has 4 N–H and O–H groups in total. The predicted molar refractivity (Wildman–Crippen MR) is 144 cm³/mol. The molecule has 4 rings (SSSR count). The lowest BCUT2D eigenvalue weighted by Crippen LogP contribution is -2.23. The molecule has 3 aromatic carbocycles. The van der Waals surface area contributed by atoms with Crippen LogP contribution in [0.25, 0.3) is 11.1 Å². The minimum absolute atomic E-state index is 0.142. The van der Waals surface area contributed by atoms with Gasteiger partial charge in [-0.1, -0.05) is 36.4 Å². The molecular formula is C28H25F2N3O6S. The van der Waals surface area contributed by atoms with E-state index < -0.39 is 51.5 Å². The quantitative estimate of drug-likeness (QED) is 0.239. The number of hydrogen-bond donors (Lipinski definition) is 3. The second-order valence-electron chi connectivity index (χ2n) is 8.86. The van der Waals surface area contributed by atoms with Gasteiger partial charge >= 0.3 is 5.97 Å². The fraction of sp³-hybridized carbons (Fsp3) is 0.143. The van der Waals surface area contributed by atoms with E-state index in [4.69, 9.17) is 15.2 Å². The summed E-state index contributed by atoms with van der Waals surface area (Å²) in [5.74, 6) is -5.56. The summed E-state index contributed by atoms with van der Waals surface area (Å²) in [5.41, 5.74) is 7.76. The van der Waals surface area contributed by atoms with E-state index in [1.807, 2.05) is 29.0 Å². The van der Waals surface area contributed by atoms with Gasteiger partial charge in [-0.2, -0.15) is 4.98 Å². The highest BCUT2D eigenvalue weighted by Gasteiger charge is 2.25. The van der Waals surface area contributed by atoms with E-state index in [0.717, 1.165) is 22.9 Å². The fourth-order valence-corrected chi connectivity index (χ4v) is 4.17. The molecule has 1 heterocycles. The van der Waals surface area contributed by atoms with Gasteiger partial charge in [0, 0.05) is 18.7 Å². The van der Waals surface area contributed by atoms with Gasteiger partial charge in [-0.25, -0.2) is 26.7 Å². The number of aromatic nitrogens is 1. The predicted octanol–water partition coefficient (Wildman–Crippen LogP) is 5.13. The van der Waals surface area contributed by atoms with Gasteiger partial charge in [0.05, 0.1) is 6.26 Å². The Morgan fingerprint density at radius 2 is 1.62 bits per heavy atom. The molecule has 4 aromatic rings. The van der Waals surface area contributed by atoms with Crippen LogP contribution in [0.3, 0.4) is 0 Å². The van der Waals surface area contributed by atoms with Crippen LogP contribution in [0, 0.1) is 18.6 Å². The zero-order chi connectivity index (χ0) is 29.0. The summed E-state index contributed by atoms with van der Waals surface area (Å²) in [6.45, 7) is 1.22. The molecule has 0 aliphatic heterocycles. The van der Waals surface area contributed by atoms with Crippen molar-refractivity contribution < 1.29 is 36.6 Å². The van der Waals surface area contributed by atoms with Gasteiger partial charge < -0.3 is 20.3 Å². The van der Waals surface area contributed by atoms with Crippen LogP contribution in [0.5, 0.6) is 23.3 Å². The molecule has 208 valence electrons. The van der Waals surface area contributed by atoms with Crippen molar-refractivity contribution >= 4 is 16.0 Å². The van der Waals surface area contributed by atoms with Crippen molar-refractivity contribution in [2.75, 3.05) is 6.26 Å². The first-order valence-corrected chi connectivity index (χ1v) is 13.8. The minimum Gasteiger partial charge on any atom is -0.478 e. The second kappa shape index (κ2) is 11.8. The summed E-state index contributed by atoms with van der Waals surface area (Å²) in [4.78, 5) is 15.5. The van der Waals surface area contributed by atoms with Crippen molar-refractivity contribution in [2.24, 2.45) is 5.73 Å². The highest BCUT2D eigenvalue weighted by Crippen LogP contribution is 2.35. The average molecular weight is 570 g/mol. The van der Waals surface area contributed by atoms with Gasteiger partial charge in [-0.15, -0.1) is 0 Å². The van der Waals surface area contributed by atoms with E-state index in [-0.39, 0.29) is 17.1 Å². The molecule has 0 bridgehead atoms. The lowest BCUT2D eigenvalue weighted by atomic mass is 10.0. The van der Waals surface area contributed by atoms with E-state index in [1.54, 1.807) is 25.1 Å². The number of nitrogens with two attached hydrogens (primary N) is 1. The van der Waals surface area contributed by atoms with Gasteiger partial charge in [0.15, 0.2) is 11.6 Å². The van der Waals surface area contributed by atoms with E-state index in [0.29, 0.717) is 12.1 Å². The van der Waals surface area contributed by atoms with Crippen LogP contribution < -0.4 is 19.9 Å². The first kappa shape index (κ1) is 28.6. The van der Waals surface area contributed by atoms with Crippen LogP contribution in [0.1, 0.15) is 27.0 Å². The number of rotatable bonds is 10. The highest BCUT2D eigenvalue weighted by molar-refractivity contribution is 7.88. The van der Waals surface area contributed by atoms with Gasteiger partial charge in [0.25, 0.3) is 11.8 Å². The normalized spacial score (nSPS) is 11.3. The Hall–Kier alpha value is -4.39. The number of aryl methyl sites for hydroxylation is 1. The van der Waals surface area contributed by atoms with Crippen LogP contribution >= 0.6 is 0 Å². The molecule has 0 saturated carbocycles. The largest absolute Gasteiger partial charge is 0.478 e. The van der Waals surface area contributed by atoms with Crippen LogP contribution in [-0.2, 0) is 23.1 Å². The number of aromatic carboxylic acids is 1. The third-order valence-electron chi connectivity index (χ3n) is 5.74. The number of nitrogens with one attached hydrogen (secondary N) is 1. The Balaban J connectivity index is 1.78. The molecule has 0 radical (unpaired) electrons. The van der Waals surface area contributed by atoms with Crippen molar-refractivity contribution in [3.05, 3.63) is 101 Å². The Labute approximate surface area is 229 Å². The molecule has 0 atom stereocenters. The Morgan fingerprint density at radius 1 is 0.975 bits per heavy atom. The lowest BCUT2D eigenvalue weighted by molar-refractivity contribution is 0.0694. The van der Waals surface area contributed by atoms with Crippen LogP contribution in [0.4, 0.5) is 8.78 Å². The van der Waals surface area contributed by atoms with Gasteiger partial charge in [-0.3, -0.25) is 0 Å². The van der Waals surface area contributed by atoms with E-state index in [1.165, 1.54) is 24.3 Å². The van der Waals surface area contributed by atoms with Gasteiger partial charge in [0.1, 0.15) is 17.1 Å². The summed E-state index contributed by atoms with van der Waals surface area (Å²) in [6, 6.07) is 18.2. The molecule has 1 aromatic heterocycles. The summed E-state index contributed by atoms with van der Waals surface area (Å²) in [5, 5.41) is 9.52. The Bertz CT molecular complexity index is 1700. The highest BCUT2D eigenvalue weighted by atomic mass is 32.2. The van der Waals surface area contributed by atoms with Crippen molar-refractivity contribution in [3.63, 3.8) is 0 Å². The van der Waals surface area contributed by atoms with Gasteiger partial charge in [-0.05, 0) is 59.5 Å². The molecular weight excluding hydrogens is 544 g/mol. The number of pyridine rings is 1. The monoisotopic (exact) mass is 569 g/mol. The van der Waals surface area contributed by atoms with Crippen molar-refractivity contribution in [2.45, 2.75) is 20.0 Å². The summed E-state index contributed by atoms with van der Waals surface area (Å²) in [7, 11) is -3.84. The van der Waals surface area contributed by atoms with Crippen LogP contribution in [0.15, 0.2) is 66.7 Å². The summed E-state index contributed by atoms with van der Waals surface area (Å²) in [6.07, 6.45) is 0.829. The number of sulfonamides is 1. The Morgan fingerprint density at radius 3 is 2.27 bits per heavy atom. The molecule has 9 nitrogen and oxygen atoms in total. The standard InChI is InChI=1S/C28H25F2N3O6S/c1-16-9-10-21(28(34)35)23(11-16)39-27-25(30)22(15-32-40(2,36)37)24(29)26(33-27)38-20-8-4-7-19(13-20)18-6-3-5-17(12-18)14-31/h3-13,32H,14-15,31H2,1-2H3,(H,34,35). The molecule has 40 heavy (non-hydrogen) atoms. The zero-order valence-electron chi connectivity index (χ0n) is 21.4. The fourth-order valence-electron chi connectivity index (χ4n) is 3.76. The number of hydrogen-bond acceptors (Lipinski definition) is 7. The van der Waals surface area contributed by atoms with Crippen LogP contribution in [0.2, 0.25) is 0 Å². The number of ether oxygens (including phenoxy) is 2. The number of nitrogens with zero attached hydrogens (tertiary/aromatic N) is 1. The number of carbonyl (C=O) groups is 1. The summed E-state index contributed by atoms with van der Waals surface area (Å²) < 4.78 is 67.4. The Kier molecular flexibility index (Phi) is 8.43. The molecule has 0 aliphatic carbocycles. The zero-order valence-corrected chi connectivity index (χ0v) is 22.3. The van der Waals surface area contributed by atoms with Crippen molar-refractivity contribution in [1.29, 1.82) is 0 Å². The molecule has 12 heteroatoms. The van der Waals surface area contributed by atoms with Gasteiger partial charge in [0.2, 0.25) is 10.0 Å². The second-order valence-corrected chi connectivity index (χ2v) is 10.7. The first-order valence-electron chi connectivity index (χ1n) is 11.9. The number of carboxylic acids is 1. The molecule has 0 unspecified atom stereocenters. The maximum Gasteiger partial charge on any atom is 0.339 e. The van der Waals surface area contributed by atoms with Crippen LogP contribution in [-0.4, -0.2) is 30.7 Å². The number of halogens is 2. The van der Waals surface area contributed by atoms with E-state index in [2.05, 4.69) is 4.98 Å². The molecule has 0 fully saturated rings. The SMILES string of the molecule is Cc1ccc(C(=O)O)c(Oc2nc(Oc3cccc(-c4cccc(CN)c4)c3)c(F)c(CNS(C)(=O)=O)c2F)c1. The first-order chi connectivity index (χ1) is 18.9. The third kappa shape index (κ3) is 6.78. The topological polar surface area (TPSA) is 141 Å². The lowest BCUT2D eigenvalue weighted by Gasteiger charge is -2.15. The third-order valence-corrected chi connectivity index (χ3v) is 6.41. The number of benzene rings is 3. The molecule has 0 saturated heterocycles. The molecule has 0 spiro atoms. The molecule has 0 aliphatic rings. The van der Waals surface area contributed by atoms with Crippen molar-refractivity contribution in [3.8, 4) is 34.4 Å². The minimum atomic E-state index is -3.84.